The summed E-state index contributed by atoms with van der Waals surface area (Å²) in [5, 5.41) is 21.4. The Morgan fingerprint density at radius 3 is 2.78 bits per heavy atom. The van der Waals surface area contributed by atoms with Crippen molar-refractivity contribution in [3.8, 4) is 0 Å². The number of fused-ring (bicyclic) bond motifs is 1. The van der Waals surface area contributed by atoms with Gasteiger partial charge in [-0.3, -0.25) is 9.78 Å². The predicted octanol–water partition coefficient (Wildman–Crippen LogP) is 0.504. The Morgan fingerprint density at radius 2 is 2.06 bits per heavy atom. The van der Waals surface area contributed by atoms with Crippen LogP contribution in [0.25, 0.3) is 10.8 Å². The van der Waals surface area contributed by atoms with E-state index in [9.17, 15) is 15.0 Å². The largest absolute Gasteiger partial charge is 0.390 e. The maximum absolute atomic E-state index is 10.7. The first-order valence-corrected chi connectivity index (χ1v) is 5.56. The number of carbonyl (C=O) groups excluding carboxylic acids is 1. The standard InChI is InChI=1S/C13H14N2O3/c14-12(17)6-11(16)13(18)9-1-2-10-7-15-4-3-8(10)5-9/h1-5,7,11,13,16,18H,6H2,(H2,14,17). The maximum Gasteiger partial charge on any atom is 0.220 e. The summed E-state index contributed by atoms with van der Waals surface area (Å²) < 4.78 is 0. The highest BCUT2D eigenvalue weighted by atomic mass is 16.3. The number of amides is 1. The first kappa shape index (κ1) is 12.5. The van der Waals surface area contributed by atoms with E-state index in [1.807, 2.05) is 6.07 Å². The third kappa shape index (κ3) is 2.64. The Labute approximate surface area is 104 Å². The smallest absolute Gasteiger partial charge is 0.220 e. The van der Waals surface area contributed by atoms with Crippen LogP contribution < -0.4 is 5.73 Å². The topological polar surface area (TPSA) is 96.4 Å². The minimum absolute atomic E-state index is 0.268. The average Bonchev–Trinajstić information content (AvgIpc) is 2.36. The molecule has 18 heavy (non-hydrogen) atoms. The fraction of sp³-hybridized carbons (Fsp3) is 0.231. The first-order chi connectivity index (χ1) is 8.58. The van der Waals surface area contributed by atoms with Crippen molar-refractivity contribution in [2.75, 3.05) is 0 Å². The van der Waals surface area contributed by atoms with Gasteiger partial charge >= 0.3 is 0 Å². The molecule has 2 aromatic rings. The number of aliphatic hydroxyl groups is 2. The molecule has 4 N–H and O–H groups in total. The monoisotopic (exact) mass is 246 g/mol. The molecule has 0 saturated carbocycles. The molecule has 1 aromatic heterocycles. The molecule has 0 bridgehead atoms. The summed E-state index contributed by atoms with van der Waals surface area (Å²) in [4.78, 5) is 14.7. The fourth-order valence-electron chi connectivity index (χ4n) is 1.83. The Morgan fingerprint density at radius 1 is 1.28 bits per heavy atom. The lowest BCUT2D eigenvalue weighted by atomic mass is 9.99. The normalized spacial score (nSPS) is 14.3. The average molecular weight is 246 g/mol. The first-order valence-electron chi connectivity index (χ1n) is 5.56. The number of aromatic nitrogens is 1. The molecule has 0 fully saturated rings. The van der Waals surface area contributed by atoms with Gasteiger partial charge in [0.1, 0.15) is 6.10 Å². The van der Waals surface area contributed by atoms with E-state index >= 15 is 0 Å². The quantitative estimate of drug-likeness (QED) is 0.732. The van der Waals surface area contributed by atoms with Crippen molar-refractivity contribution >= 4 is 16.7 Å². The van der Waals surface area contributed by atoms with Gasteiger partial charge in [0.05, 0.1) is 12.5 Å². The minimum Gasteiger partial charge on any atom is -0.390 e. The van der Waals surface area contributed by atoms with Crippen LogP contribution in [0.2, 0.25) is 0 Å². The lowest BCUT2D eigenvalue weighted by molar-refractivity contribution is -0.121. The summed E-state index contributed by atoms with van der Waals surface area (Å²) in [5.74, 6) is -0.647. The van der Waals surface area contributed by atoms with Gasteiger partial charge in [-0.1, -0.05) is 12.1 Å². The highest BCUT2D eigenvalue weighted by Crippen LogP contribution is 2.23. The molecule has 1 heterocycles. The molecule has 0 saturated heterocycles. The van der Waals surface area contributed by atoms with Crippen molar-refractivity contribution in [3.05, 3.63) is 42.2 Å². The van der Waals surface area contributed by atoms with Crippen LogP contribution in [-0.4, -0.2) is 27.2 Å². The van der Waals surface area contributed by atoms with Gasteiger partial charge in [-0.15, -0.1) is 0 Å². The zero-order valence-electron chi connectivity index (χ0n) is 9.65. The highest BCUT2D eigenvalue weighted by Gasteiger charge is 2.20. The van der Waals surface area contributed by atoms with E-state index in [2.05, 4.69) is 4.98 Å². The van der Waals surface area contributed by atoms with Crippen molar-refractivity contribution in [1.29, 1.82) is 0 Å². The third-order valence-electron chi connectivity index (χ3n) is 2.78. The fourth-order valence-corrected chi connectivity index (χ4v) is 1.83. The van der Waals surface area contributed by atoms with Gasteiger partial charge in [-0.25, -0.2) is 0 Å². The van der Waals surface area contributed by atoms with E-state index in [0.717, 1.165) is 10.8 Å². The van der Waals surface area contributed by atoms with Gasteiger partial charge in [0.25, 0.3) is 0 Å². The number of nitrogens with two attached hydrogens (primary N) is 1. The summed E-state index contributed by atoms with van der Waals surface area (Å²) in [6, 6.07) is 7.06. The number of rotatable bonds is 4. The second kappa shape index (κ2) is 5.12. The molecule has 94 valence electrons. The summed E-state index contributed by atoms with van der Waals surface area (Å²) in [5.41, 5.74) is 5.53. The van der Waals surface area contributed by atoms with Gasteiger partial charge < -0.3 is 15.9 Å². The molecule has 2 atom stereocenters. The number of aliphatic hydroxyl groups excluding tert-OH is 2. The highest BCUT2D eigenvalue weighted by molar-refractivity contribution is 5.82. The van der Waals surface area contributed by atoms with E-state index in [4.69, 9.17) is 5.73 Å². The molecule has 5 nitrogen and oxygen atoms in total. The van der Waals surface area contributed by atoms with Crippen LogP contribution in [0.5, 0.6) is 0 Å². The van der Waals surface area contributed by atoms with E-state index in [1.54, 1.807) is 30.6 Å². The lowest BCUT2D eigenvalue weighted by Crippen LogP contribution is -2.25. The maximum atomic E-state index is 10.7. The minimum atomic E-state index is -1.19. The van der Waals surface area contributed by atoms with Gasteiger partial charge in [0.2, 0.25) is 5.91 Å². The van der Waals surface area contributed by atoms with E-state index in [0.29, 0.717) is 5.56 Å². The number of carbonyl (C=O) groups is 1. The van der Waals surface area contributed by atoms with Gasteiger partial charge in [-0.05, 0) is 23.1 Å². The summed E-state index contributed by atoms with van der Waals surface area (Å²) in [7, 11) is 0. The van der Waals surface area contributed by atoms with Crippen LogP contribution in [-0.2, 0) is 4.79 Å². The summed E-state index contributed by atoms with van der Waals surface area (Å²) in [6.07, 6.45) is 0.774. The van der Waals surface area contributed by atoms with E-state index in [-0.39, 0.29) is 6.42 Å². The SMILES string of the molecule is NC(=O)CC(O)C(O)c1ccc2cnccc2c1. The van der Waals surface area contributed by atoms with Gasteiger partial charge in [0, 0.05) is 17.8 Å². The number of hydrogen-bond donors (Lipinski definition) is 3. The number of hydrogen-bond acceptors (Lipinski definition) is 4. The number of pyridine rings is 1. The van der Waals surface area contributed by atoms with Crippen LogP contribution >= 0.6 is 0 Å². The molecule has 0 aliphatic rings. The van der Waals surface area contributed by atoms with E-state index in [1.165, 1.54) is 0 Å². The molecule has 2 unspecified atom stereocenters. The van der Waals surface area contributed by atoms with Crippen molar-refractivity contribution < 1.29 is 15.0 Å². The van der Waals surface area contributed by atoms with Gasteiger partial charge in [-0.2, -0.15) is 0 Å². The molecular weight excluding hydrogens is 232 g/mol. The lowest BCUT2D eigenvalue weighted by Gasteiger charge is -2.17. The third-order valence-corrected chi connectivity index (χ3v) is 2.78. The van der Waals surface area contributed by atoms with Crippen LogP contribution in [0.4, 0.5) is 0 Å². The summed E-state index contributed by atoms with van der Waals surface area (Å²) in [6.45, 7) is 0. The Bertz CT molecular complexity index is 571. The Balaban J connectivity index is 2.27. The van der Waals surface area contributed by atoms with Crippen molar-refractivity contribution in [2.45, 2.75) is 18.6 Å². The zero-order chi connectivity index (χ0) is 13.1. The van der Waals surface area contributed by atoms with Crippen molar-refractivity contribution in [1.82, 2.24) is 4.98 Å². The number of nitrogens with zero attached hydrogens (tertiary/aromatic N) is 1. The van der Waals surface area contributed by atoms with Crippen LogP contribution in [0, 0.1) is 0 Å². The van der Waals surface area contributed by atoms with Crippen LogP contribution in [0.1, 0.15) is 18.1 Å². The second-order valence-corrected chi connectivity index (χ2v) is 4.16. The van der Waals surface area contributed by atoms with Crippen molar-refractivity contribution in [3.63, 3.8) is 0 Å². The van der Waals surface area contributed by atoms with Gasteiger partial charge in [0.15, 0.2) is 0 Å². The molecule has 0 aliphatic heterocycles. The molecular formula is C13H14N2O3. The number of primary amides is 1. The van der Waals surface area contributed by atoms with Crippen molar-refractivity contribution in [2.24, 2.45) is 5.73 Å². The van der Waals surface area contributed by atoms with E-state index < -0.39 is 18.1 Å². The number of benzene rings is 1. The molecule has 2 rings (SSSR count). The zero-order valence-corrected chi connectivity index (χ0v) is 9.65. The molecule has 0 spiro atoms. The molecule has 1 aromatic carbocycles. The van der Waals surface area contributed by atoms with Crippen LogP contribution in [0.3, 0.4) is 0 Å². The molecule has 5 heteroatoms. The molecule has 0 radical (unpaired) electrons. The summed E-state index contributed by atoms with van der Waals surface area (Å²) >= 11 is 0. The Hall–Kier alpha value is -1.98. The Kier molecular flexibility index (Phi) is 3.55. The molecule has 1 amide bonds. The van der Waals surface area contributed by atoms with Crippen LogP contribution in [0.15, 0.2) is 36.7 Å². The molecule has 0 aliphatic carbocycles. The second-order valence-electron chi connectivity index (χ2n) is 4.16. The predicted molar refractivity (Wildman–Crippen MR) is 66.5 cm³/mol.